The number of nitrogens with zero attached hydrogens (tertiary/aromatic N) is 1. The lowest BCUT2D eigenvalue weighted by atomic mass is 9.83. The average Bonchev–Trinajstić information content (AvgIpc) is 2.83. The SMILES string of the molecule is COc1ccc(CC(=O)N2CCC3(CC2)CC(OCCOc2ccccc2)CCO3)cc1. The lowest BCUT2D eigenvalue weighted by Gasteiger charge is -2.46. The number of ether oxygens (including phenoxy) is 4. The highest BCUT2D eigenvalue weighted by Gasteiger charge is 2.41. The molecule has 0 aromatic heterocycles. The van der Waals surface area contributed by atoms with Gasteiger partial charge in [0.25, 0.3) is 0 Å². The van der Waals surface area contributed by atoms with Crippen molar-refractivity contribution in [3.63, 3.8) is 0 Å². The van der Waals surface area contributed by atoms with Gasteiger partial charge in [-0.05, 0) is 49.1 Å². The van der Waals surface area contributed by atoms with Crippen molar-refractivity contribution in [2.24, 2.45) is 0 Å². The Morgan fingerprint density at radius 2 is 1.78 bits per heavy atom. The summed E-state index contributed by atoms with van der Waals surface area (Å²) in [7, 11) is 1.64. The summed E-state index contributed by atoms with van der Waals surface area (Å²) < 4.78 is 23.2. The second kappa shape index (κ2) is 10.8. The van der Waals surface area contributed by atoms with Crippen molar-refractivity contribution in [2.75, 3.05) is 40.0 Å². The first-order valence-corrected chi connectivity index (χ1v) is 11.5. The fourth-order valence-corrected chi connectivity index (χ4v) is 4.56. The van der Waals surface area contributed by atoms with Crippen molar-refractivity contribution < 1.29 is 23.7 Å². The van der Waals surface area contributed by atoms with Crippen LogP contribution in [0, 0.1) is 0 Å². The molecule has 4 rings (SSSR count). The Hall–Kier alpha value is -2.57. The number of rotatable bonds is 8. The van der Waals surface area contributed by atoms with Gasteiger partial charge in [-0.3, -0.25) is 4.79 Å². The van der Waals surface area contributed by atoms with Crippen LogP contribution in [0.2, 0.25) is 0 Å². The summed E-state index contributed by atoms with van der Waals surface area (Å²) in [5.74, 6) is 1.84. The summed E-state index contributed by atoms with van der Waals surface area (Å²) in [5.41, 5.74) is 0.844. The van der Waals surface area contributed by atoms with Gasteiger partial charge in [0, 0.05) is 26.1 Å². The fourth-order valence-electron chi connectivity index (χ4n) is 4.56. The molecule has 2 saturated heterocycles. The van der Waals surface area contributed by atoms with E-state index in [9.17, 15) is 4.79 Å². The van der Waals surface area contributed by atoms with E-state index < -0.39 is 0 Å². The van der Waals surface area contributed by atoms with Crippen molar-refractivity contribution >= 4 is 5.91 Å². The highest BCUT2D eigenvalue weighted by molar-refractivity contribution is 5.79. The van der Waals surface area contributed by atoms with E-state index in [1.807, 2.05) is 59.5 Å². The van der Waals surface area contributed by atoms with Gasteiger partial charge >= 0.3 is 0 Å². The van der Waals surface area contributed by atoms with Gasteiger partial charge < -0.3 is 23.8 Å². The fraction of sp³-hybridized carbons (Fsp3) is 0.500. The number of methoxy groups -OCH3 is 1. The number of piperidine rings is 1. The third kappa shape index (κ3) is 6.02. The number of amides is 1. The van der Waals surface area contributed by atoms with E-state index in [1.165, 1.54) is 0 Å². The van der Waals surface area contributed by atoms with E-state index in [-0.39, 0.29) is 17.6 Å². The molecule has 2 aliphatic rings. The summed E-state index contributed by atoms with van der Waals surface area (Å²) in [6.07, 6.45) is 4.13. The molecule has 6 heteroatoms. The van der Waals surface area contributed by atoms with Crippen LogP contribution in [0.3, 0.4) is 0 Å². The van der Waals surface area contributed by atoms with Crippen molar-refractivity contribution in [3.05, 3.63) is 60.2 Å². The molecule has 2 aliphatic heterocycles. The Labute approximate surface area is 190 Å². The molecule has 2 fully saturated rings. The smallest absolute Gasteiger partial charge is 0.226 e. The normalized spacial score (nSPS) is 20.2. The minimum absolute atomic E-state index is 0.167. The number of likely N-dealkylation sites (tertiary alicyclic amines) is 1. The van der Waals surface area contributed by atoms with Gasteiger partial charge in [0.05, 0.1) is 31.8 Å². The summed E-state index contributed by atoms with van der Waals surface area (Å²) in [6.45, 7) is 3.30. The van der Waals surface area contributed by atoms with E-state index in [0.717, 1.165) is 55.8 Å². The number of carbonyl (C=O) groups excluding carboxylic acids is 1. The highest BCUT2D eigenvalue weighted by Crippen LogP contribution is 2.36. The minimum Gasteiger partial charge on any atom is -0.497 e. The van der Waals surface area contributed by atoms with Crippen LogP contribution in [0.1, 0.15) is 31.2 Å². The standard InChI is InChI=1S/C26H33NO5/c1-29-22-9-7-21(8-10-22)19-25(28)27-14-12-26(13-15-27)20-24(11-16-32-26)31-18-17-30-23-5-3-2-4-6-23/h2-10,24H,11-20H2,1H3. The number of hydrogen-bond donors (Lipinski definition) is 0. The van der Waals surface area contributed by atoms with Gasteiger partial charge in [0.15, 0.2) is 0 Å². The van der Waals surface area contributed by atoms with E-state index >= 15 is 0 Å². The molecule has 6 nitrogen and oxygen atoms in total. The van der Waals surface area contributed by atoms with Crippen molar-refractivity contribution in [1.82, 2.24) is 4.90 Å². The topological polar surface area (TPSA) is 57.2 Å². The van der Waals surface area contributed by atoms with E-state index in [2.05, 4.69) is 0 Å². The Morgan fingerprint density at radius 1 is 1.03 bits per heavy atom. The molecule has 2 aromatic rings. The molecule has 2 aromatic carbocycles. The molecule has 1 amide bonds. The van der Waals surface area contributed by atoms with E-state index in [0.29, 0.717) is 26.2 Å². The molecule has 32 heavy (non-hydrogen) atoms. The Bertz CT molecular complexity index is 846. The second-order valence-electron chi connectivity index (χ2n) is 8.58. The van der Waals surface area contributed by atoms with Gasteiger partial charge in [-0.15, -0.1) is 0 Å². The third-order valence-corrected chi connectivity index (χ3v) is 6.44. The van der Waals surface area contributed by atoms with Crippen LogP contribution in [-0.4, -0.2) is 62.5 Å². The predicted molar refractivity (Wildman–Crippen MR) is 122 cm³/mol. The van der Waals surface area contributed by atoms with Crippen LogP contribution in [0.5, 0.6) is 11.5 Å². The lowest BCUT2D eigenvalue weighted by Crippen LogP contribution is -2.52. The quantitative estimate of drug-likeness (QED) is 0.585. The van der Waals surface area contributed by atoms with Crippen LogP contribution in [0.4, 0.5) is 0 Å². The molecule has 0 N–H and O–H groups in total. The van der Waals surface area contributed by atoms with E-state index in [1.54, 1.807) is 7.11 Å². The van der Waals surface area contributed by atoms with Gasteiger partial charge in [0.1, 0.15) is 18.1 Å². The minimum atomic E-state index is -0.167. The Balaban J connectivity index is 1.20. The van der Waals surface area contributed by atoms with Gasteiger partial charge in [-0.1, -0.05) is 30.3 Å². The number of benzene rings is 2. The largest absolute Gasteiger partial charge is 0.497 e. The highest BCUT2D eigenvalue weighted by atomic mass is 16.5. The van der Waals surface area contributed by atoms with Crippen LogP contribution in [0.15, 0.2) is 54.6 Å². The summed E-state index contributed by atoms with van der Waals surface area (Å²) in [4.78, 5) is 14.7. The maximum atomic E-state index is 12.8. The zero-order valence-corrected chi connectivity index (χ0v) is 18.8. The monoisotopic (exact) mass is 439 g/mol. The molecule has 1 unspecified atom stereocenters. The Kier molecular flexibility index (Phi) is 7.66. The summed E-state index contributed by atoms with van der Waals surface area (Å²) >= 11 is 0. The van der Waals surface area contributed by atoms with Crippen LogP contribution in [-0.2, 0) is 20.7 Å². The molecule has 0 bridgehead atoms. The molecule has 0 aliphatic carbocycles. The van der Waals surface area contributed by atoms with Crippen molar-refractivity contribution in [1.29, 1.82) is 0 Å². The van der Waals surface area contributed by atoms with Crippen molar-refractivity contribution in [2.45, 2.75) is 43.8 Å². The first-order chi connectivity index (χ1) is 15.7. The first-order valence-electron chi connectivity index (χ1n) is 11.5. The first kappa shape index (κ1) is 22.6. The maximum absolute atomic E-state index is 12.8. The zero-order chi connectivity index (χ0) is 22.2. The molecule has 0 saturated carbocycles. The molecular formula is C26H33NO5. The molecule has 1 spiro atoms. The zero-order valence-electron chi connectivity index (χ0n) is 18.8. The Morgan fingerprint density at radius 3 is 2.50 bits per heavy atom. The average molecular weight is 440 g/mol. The van der Waals surface area contributed by atoms with Gasteiger partial charge in [-0.2, -0.15) is 0 Å². The van der Waals surface area contributed by atoms with E-state index in [4.69, 9.17) is 18.9 Å². The number of para-hydroxylation sites is 1. The maximum Gasteiger partial charge on any atom is 0.226 e. The number of carbonyl (C=O) groups is 1. The molecule has 2 heterocycles. The van der Waals surface area contributed by atoms with Crippen molar-refractivity contribution in [3.8, 4) is 11.5 Å². The summed E-state index contributed by atoms with van der Waals surface area (Å²) in [5, 5.41) is 0. The predicted octanol–water partition coefficient (Wildman–Crippen LogP) is 3.87. The number of hydrogen-bond acceptors (Lipinski definition) is 5. The molecule has 0 radical (unpaired) electrons. The third-order valence-electron chi connectivity index (χ3n) is 6.44. The van der Waals surface area contributed by atoms with Gasteiger partial charge in [0.2, 0.25) is 5.91 Å². The second-order valence-corrected chi connectivity index (χ2v) is 8.58. The lowest BCUT2D eigenvalue weighted by molar-refractivity contribution is -0.162. The molecular weight excluding hydrogens is 406 g/mol. The molecule has 1 atom stereocenters. The van der Waals surface area contributed by atoms with Gasteiger partial charge in [-0.25, -0.2) is 0 Å². The van der Waals surface area contributed by atoms with Crippen LogP contribution >= 0.6 is 0 Å². The molecule has 172 valence electrons. The van der Waals surface area contributed by atoms with Crippen LogP contribution < -0.4 is 9.47 Å². The van der Waals surface area contributed by atoms with Crippen LogP contribution in [0.25, 0.3) is 0 Å². The summed E-state index contributed by atoms with van der Waals surface area (Å²) in [6, 6.07) is 17.5.